The topological polar surface area (TPSA) is 115 Å². The van der Waals surface area contributed by atoms with Crippen LogP contribution in [0.2, 0.25) is 0 Å². The minimum atomic E-state index is -0.531. The lowest BCUT2D eigenvalue weighted by molar-refractivity contribution is 0.0357. The Bertz CT molecular complexity index is 1740. The van der Waals surface area contributed by atoms with E-state index in [1.54, 1.807) is 18.3 Å². The fourth-order valence-electron chi connectivity index (χ4n) is 4.45. The fraction of sp³-hybridized carbons (Fsp3) is 0.303. The van der Waals surface area contributed by atoms with Crippen LogP contribution in [-0.2, 0) is 17.6 Å². The minimum Gasteiger partial charge on any atom is -0.475 e. The van der Waals surface area contributed by atoms with Gasteiger partial charge in [0.2, 0.25) is 5.88 Å². The summed E-state index contributed by atoms with van der Waals surface area (Å²) in [5.74, 6) is 0.842. The molecule has 2 N–H and O–H groups in total. The van der Waals surface area contributed by atoms with Crippen LogP contribution in [0.3, 0.4) is 0 Å². The molecular formula is C33H35FN6O3. The number of H-pyrrole nitrogens is 1. The quantitative estimate of drug-likeness (QED) is 0.168. The number of rotatable bonds is 11. The second-order valence-electron chi connectivity index (χ2n) is 10.9. The number of pyridine rings is 1. The number of aromatic amines is 1. The molecule has 222 valence electrons. The van der Waals surface area contributed by atoms with Crippen LogP contribution in [0, 0.1) is 12.7 Å². The molecule has 0 spiro atoms. The molecule has 0 radical (unpaired) electrons. The number of hydrogen-bond acceptors (Lipinski definition) is 7. The average Bonchev–Trinajstić information content (AvgIpc) is 3.43. The van der Waals surface area contributed by atoms with Crippen LogP contribution < -0.4 is 10.1 Å². The van der Waals surface area contributed by atoms with Crippen molar-refractivity contribution in [2.24, 2.45) is 0 Å². The Balaban J connectivity index is 1.36. The zero-order chi connectivity index (χ0) is 30.4. The van der Waals surface area contributed by atoms with E-state index in [0.717, 1.165) is 28.5 Å². The molecule has 0 atom stereocenters. The Morgan fingerprint density at radius 1 is 1.00 bits per heavy atom. The van der Waals surface area contributed by atoms with Gasteiger partial charge in [0.25, 0.3) is 0 Å². The van der Waals surface area contributed by atoms with Gasteiger partial charge in [-0.25, -0.2) is 24.1 Å². The summed E-state index contributed by atoms with van der Waals surface area (Å²) in [5, 5.41) is 2.69. The molecular weight excluding hydrogens is 547 g/mol. The molecule has 0 aliphatic carbocycles. The fourth-order valence-corrected chi connectivity index (χ4v) is 4.45. The molecule has 5 rings (SSSR count). The number of alkyl carbamates (subject to hydrolysis) is 1. The molecule has 0 aliphatic rings. The van der Waals surface area contributed by atoms with Gasteiger partial charge in [0.05, 0.1) is 35.2 Å². The first-order valence-electron chi connectivity index (χ1n) is 14.3. The van der Waals surface area contributed by atoms with E-state index in [1.165, 1.54) is 6.07 Å². The zero-order valence-corrected chi connectivity index (χ0v) is 24.8. The van der Waals surface area contributed by atoms with Crippen LogP contribution in [0.15, 0.2) is 66.9 Å². The number of aromatic nitrogens is 5. The van der Waals surface area contributed by atoms with E-state index in [2.05, 4.69) is 20.3 Å². The van der Waals surface area contributed by atoms with Crippen LogP contribution in [0.4, 0.5) is 9.18 Å². The van der Waals surface area contributed by atoms with Crippen molar-refractivity contribution in [2.45, 2.75) is 52.6 Å². The third-order valence-corrected chi connectivity index (χ3v) is 7.12. The Morgan fingerprint density at radius 3 is 2.63 bits per heavy atom. The molecule has 0 fully saturated rings. The third kappa shape index (κ3) is 7.51. The highest BCUT2D eigenvalue weighted by atomic mass is 19.1. The highest BCUT2D eigenvalue weighted by molar-refractivity contribution is 5.85. The SMILES string of the molecule is CCC(C)(C)OC(=O)NCCOc1cnc2ccc(-c3[nH]c(CCc4ccccc4F)nc3-c3cccc(C)n3)cc2n1. The van der Waals surface area contributed by atoms with Gasteiger partial charge in [0.15, 0.2) is 0 Å². The summed E-state index contributed by atoms with van der Waals surface area (Å²) in [5.41, 5.74) is 5.41. The van der Waals surface area contributed by atoms with Gasteiger partial charge >= 0.3 is 6.09 Å². The number of ether oxygens (including phenoxy) is 2. The van der Waals surface area contributed by atoms with Crippen LogP contribution >= 0.6 is 0 Å². The number of hydrogen-bond donors (Lipinski definition) is 2. The lowest BCUT2D eigenvalue weighted by Gasteiger charge is -2.23. The van der Waals surface area contributed by atoms with E-state index >= 15 is 0 Å². The molecule has 1 amide bonds. The summed E-state index contributed by atoms with van der Waals surface area (Å²) < 4.78 is 25.4. The van der Waals surface area contributed by atoms with Crippen molar-refractivity contribution in [1.29, 1.82) is 0 Å². The third-order valence-electron chi connectivity index (χ3n) is 7.12. The zero-order valence-electron chi connectivity index (χ0n) is 24.8. The maximum Gasteiger partial charge on any atom is 0.407 e. The predicted molar refractivity (Wildman–Crippen MR) is 163 cm³/mol. The normalized spacial score (nSPS) is 11.5. The van der Waals surface area contributed by atoms with Crippen LogP contribution in [-0.4, -0.2) is 49.8 Å². The molecule has 3 heterocycles. The van der Waals surface area contributed by atoms with Crippen LogP contribution in [0.25, 0.3) is 33.7 Å². The van der Waals surface area contributed by atoms with Crippen molar-refractivity contribution in [3.63, 3.8) is 0 Å². The summed E-state index contributed by atoms with van der Waals surface area (Å²) in [6, 6.07) is 18.4. The van der Waals surface area contributed by atoms with Crippen molar-refractivity contribution in [2.75, 3.05) is 13.2 Å². The van der Waals surface area contributed by atoms with Gasteiger partial charge in [0, 0.05) is 17.7 Å². The summed E-state index contributed by atoms with van der Waals surface area (Å²) in [7, 11) is 0. The molecule has 0 saturated heterocycles. The average molecular weight is 583 g/mol. The van der Waals surface area contributed by atoms with E-state index in [4.69, 9.17) is 19.4 Å². The number of fused-ring (bicyclic) bond motifs is 1. The number of nitrogens with one attached hydrogen (secondary N) is 2. The molecule has 0 bridgehead atoms. The van der Waals surface area contributed by atoms with Crippen molar-refractivity contribution in [3.05, 3.63) is 89.8 Å². The smallest absolute Gasteiger partial charge is 0.407 e. The summed E-state index contributed by atoms with van der Waals surface area (Å²) in [6.07, 6.45) is 2.81. The van der Waals surface area contributed by atoms with Gasteiger partial charge < -0.3 is 19.8 Å². The Hall–Kier alpha value is -4.86. The molecule has 9 nitrogen and oxygen atoms in total. The van der Waals surface area contributed by atoms with Crippen molar-refractivity contribution in [3.8, 4) is 28.5 Å². The van der Waals surface area contributed by atoms with Gasteiger partial charge in [-0.1, -0.05) is 37.3 Å². The molecule has 10 heteroatoms. The lowest BCUT2D eigenvalue weighted by atomic mass is 10.1. The minimum absolute atomic E-state index is 0.205. The number of benzene rings is 2. The van der Waals surface area contributed by atoms with Crippen LogP contribution in [0.5, 0.6) is 5.88 Å². The Labute approximate surface area is 249 Å². The number of amides is 1. The number of carbonyl (C=O) groups is 1. The second kappa shape index (κ2) is 13.0. The highest BCUT2D eigenvalue weighted by Gasteiger charge is 2.20. The Morgan fingerprint density at radius 2 is 1.84 bits per heavy atom. The number of nitrogens with zero attached hydrogens (tertiary/aromatic N) is 4. The van der Waals surface area contributed by atoms with E-state index in [1.807, 2.05) is 70.2 Å². The highest BCUT2D eigenvalue weighted by Crippen LogP contribution is 2.31. The standard InChI is InChI=1S/C33H35FN6O3/c1-5-33(3,4)43-32(41)35-17-18-42-29-20-36-25-15-13-23(19-27(25)38-29)30-31(26-12-8-9-21(2)37-26)40-28(39-30)16-14-22-10-6-7-11-24(22)34/h6-13,15,19-20H,5,14,16-18H2,1-4H3,(H,35,41)(H,39,40). The monoisotopic (exact) mass is 582 g/mol. The molecule has 3 aromatic heterocycles. The van der Waals surface area contributed by atoms with E-state index in [0.29, 0.717) is 47.4 Å². The molecule has 0 unspecified atom stereocenters. The van der Waals surface area contributed by atoms with Crippen molar-refractivity contribution < 1.29 is 18.7 Å². The first-order valence-corrected chi connectivity index (χ1v) is 14.3. The van der Waals surface area contributed by atoms with Crippen LogP contribution in [0.1, 0.15) is 44.3 Å². The van der Waals surface area contributed by atoms with Gasteiger partial charge in [-0.3, -0.25) is 4.98 Å². The number of imidazole rings is 1. The van der Waals surface area contributed by atoms with Gasteiger partial charge in [-0.2, -0.15) is 0 Å². The first kappa shape index (κ1) is 29.6. The molecule has 0 saturated carbocycles. The Kier molecular flexibility index (Phi) is 8.94. The largest absolute Gasteiger partial charge is 0.475 e. The lowest BCUT2D eigenvalue weighted by Crippen LogP contribution is -2.36. The summed E-state index contributed by atoms with van der Waals surface area (Å²) in [6.45, 7) is 8.08. The maximum absolute atomic E-state index is 14.3. The van der Waals surface area contributed by atoms with Crippen molar-refractivity contribution >= 4 is 17.1 Å². The van der Waals surface area contributed by atoms with Crippen molar-refractivity contribution in [1.82, 2.24) is 30.2 Å². The second-order valence-corrected chi connectivity index (χ2v) is 10.9. The van der Waals surface area contributed by atoms with E-state index in [-0.39, 0.29) is 19.0 Å². The maximum atomic E-state index is 14.3. The van der Waals surface area contributed by atoms with E-state index < -0.39 is 11.7 Å². The van der Waals surface area contributed by atoms with Gasteiger partial charge in [-0.15, -0.1) is 0 Å². The molecule has 43 heavy (non-hydrogen) atoms. The summed E-state index contributed by atoms with van der Waals surface area (Å²) in [4.78, 5) is 34.2. The van der Waals surface area contributed by atoms with E-state index in [9.17, 15) is 9.18 Å². The number of halogens is 1. The first-order chi connectivity index (χ1) is 20.7. The molecule has 0 aliphatic heterocycles. The number of carbonyl (C=O) groups excluding carboxylic acids is 1. The number of aryl methyl sites for hydroxylation is 3. The summed E-state index contributed by atoms with van der Waals surface area (Å²) >= 11 is 0. The molecule has 5 aromatic rings. The predicted octanol–water partition coefficient (Wildman–Crippen LogP) is 6.61. The molecule has 2 aromatic carbocycles. The van der Waals surface area contributed by atoms with Gasteiger partial charge in [0.1, 0.15) is 29.5 Å². The van der Waals surface area contributed by atoms with Gasteiger partial charge in [-0.05, 0) is 69.5 Å².